The van der Waals surface area contributed by atoms with Crippen molar-refractivity contribution in [3.8, 4) is 22.9 Å². The number of carbonyl (C=O) groups excluding carboxylic acids is 1. The molecule has 0 aliphatic rings. The van der Waals surface area contributed by atoms with E-state index in [0.717, 1.165) is 16.8 Å². The maximum Gasteiger partial charge on any atom is 0.416 e. The van der Waals surface area contributed by atoms with Gasteiger partial charge in [0.25, 0.3) is 5.56 Å². The van der Waals surface area contributed by atoms with Crippen LogP contribution >= 0.6 is 31.9 Å². The molecule has 1 heterocycles. The molecule has 0 bridgehead atoms. The highest BCUT2D eigenvalue weighted by Gasteiger charge is 2.31. The molecule has 0 unspecified atom stereocenters. The van der Waals surface area contributed by atoms with E-state index >= 15 is 0 Å². The lowest BCUT2D eigenvalue weighted by Gasteiger charge is -2.15. The predicted molar refractivity (Wildman–Crippen MR) is 144 cm³/mol. The molecule has 1 aromatic heterocycles. The number of alkyl halides is 3. The van der Waals surface area contributed by atoms with Gasteiger partial charge in [-0.25, -0.2) is 4.98 Å². The minimum absolute atomic E-state index is 0.0558. The third kappa shape index (κ3) is 5.65. The number of nitrogens with zero attached hydrogens (tertiary/aromatic N) is 3. The summed E-state index contributed by atoms with van der Waals surface area (Å²) >= 11 is 6.80. The third-order valence-corrected chi connectivity index (χ3v) is 7.36. The summed E-state index contributed by atoms with van der Waals surface area (Å²) in [6, 6.07) is 12.5. The average molecular weight is 653 g/mol. The van der Waals surface area contributed by atoms with E-state index in [2.05, 4.69) is 41.9 Å². The lowest BCUT2D eigenvalue weighted by molar-refractivity contribution is -0.137. The average Bonchev–Trinajstić information content (AvgIpc) is 2.88. The standard InChI is InChI=1S/C26H18Br2F3N3O4/c1-3-37-20-12-16(21(27)22(28)23(20)38-14(2)35)13-32-34-24(15-7-6-8-17(11-15)26(29,30)31)33-19-10-5-4-9-18(19)25(34)36/h4-13H,3H2,1-2H3. The zero-order valence-corrected chi connectivity index (χ0v) is 23.0. The topological polar surface area (TPSA) is 82.8 Å². The Morgan fingerprint density at radius 2 is 1.84 bits per heavy atom. The van der Waals surface area contributed by atoms with Gasteiger partial charge in [0, 0.05) is 22.5 Å². The highest BCUT2D eigenvalue weighted by Crippen LogP contribution is 2.42. The summed E-state index contributed by atoms with van der Waals surface area (Å²) in [6.45, 7) is 3.27. The SMILES string of the molecule is CCOc1cc(C=Nn2c(-c3cccc(C(F)(F)F)c3)nc3ccccc3c2=O)c(Br)c(Br)c1OC(C)=O. The number of halogens is 5. The van der Waals surface area contributed by atoms with Crippen molar-refractivity contribution in [1.29, 1.82) is 0 Å². The summed E-state index contributed by atoms with van der Waals surface area (Å²) in [6.07, 6.45) is -3.26. The van der Waals surface area contributed by atoms with Crippen LogP contribution in [-0.2, 0) is 11.0 Å². The van der Waals surface area contributed by atoms with Gasteiger partial charge in [-0.15, -0.1) is 0 Å². The molecule has 12 heteroatoms. The van der Waals surface area contributed by atoms with E-state index in [1.165, 1.54) is 25.3 Å². The Labute approximate surface area is 231 Å². The van der Waals surface area contributed by atoms with Crippen LogP contribution in [0.3, 0.4) is 0 Å². The summed E-state index contributed by atoms with van der Waals surface area (Å²) in [4.78, 5) is 29.4. The van der Waals surface area contributed by atoms with Crippen LogP contribution in [0, 0.1) is 0 Å². The van der Waals surface area contributed by atoms with E-state index < -0.39 is 23.3 Å². The second-order valence-electron chi connectivity index (χ2n) is 7.84. The van der Waals surface area contributed by atoms with Crippen LogP contribution in [0.15, 0.2) is 73.4 Å². The summed E-state index contributed by atoms with van der Waals surface area (Å²) in [7, 11) is 0. The zero-order valence-electron chi connectivity index (χ0n) is 19.8. The van der Waals surface area contributed by atoms with Crippen molar-refractivity contribution in [2.75, 3.05) is 6.61 Å². The van der Waals surface area contributed by atoms with Crippen LogP contribution in [0.1, 0.15) is 25.0 Å². The van der Waals surface area contributed by atoms with Gasteiger partial charge in [-0.2, -0.15) is 22.9 Å². The van der Waals surface area contributed by atoms with Gasteiger partial charge in [0.15, 0.2) is 17.3 Å². The number of fused-ring (bicyclic) bond motifs is 1. The van der Waals surface area contributed by atoms with Crippen LogP contribution in [0.4, 0.5) is 13.2 Å². The predicted octanol–water partition coefficient (Wildman–Crippen LogP) is 6.81. The van der Waals surface area contributed by atoms with Crippen molar-refractivity contribution in [3.05, 3.63) is 85.0 Å². The summed E-state index contributed by atoms with van der Waals surface area (Å²) in [5.74, 6) is -0.244. The number of hydrogen-bond acceptors (Lipinski definition) is 6. The minimum Gasteiger partial charge on any atom is -0.490 e. The molecule has 0 aliphatic heterocycles. The van der Waals surface area contributed by atoms with E-state index in [9.17, 15) is 22.8 Å². The smallest absolute Gasteiger partial charge is 0.416 e. The molecule has 196 valence electrons. The van der Waals surface area contributed by atoms with Gasteiger partial charge in [-0.3, -0.25) is 9.59 Å². The number of esters is 1. The van der Waals surface area contributed by atoms with Gasteiger partial charge in [0.1, 0.15) is 0 Å². The number of ether oxygens (including phenoxy) is 2. The molecule has 3 aromatic carbocycles. The maximum atomic E-state index is 13.4. The second kappa shape index (κ2) is 11.1. The van der Waals surface area contributed by atoms with Crippen molar-refractivity contribution >= 4 is 54.9 Å². The van der Waals surface area contributed by atoms with Gasteiger partial charge >= 0.3 is 12.1 Å². The van der Waals surface area contributed by atoms with Crippen molar-refractivity contribution in [2.45, 2.75) is 20.0 Å². The van der Waals surface area contributed by atoms with Crippen LogP contribution in [0.2, 0.25) is 0 Å². The molecule has 0 radical (unpaired) electrons. The molecule has 0 saturated heterocycles. The fourth-order valence-electron chi connectivity index (χ4n) is 3.57. The Kier molecular flexibility index (Phi) is 8.02. The summed E-state index contributed by atoms with van der Waals surface area (Å²) in [5, 5.41) is 4.55. The first-order valence-corrected chi connectivity index (χ1v) is 12.7. The first-order chi connectivity index (χ1) is 18.0. The Bertz CT molecular complexity index is 1640. The van der Waals surface area contributed by atoms with E-state index in [0.29, 0.717) is 20.0 Å². The number of hydrogen-bond donors (Lipinski definition) is 0. The molecular weight excluding hydrogens is 635 g/mol. The molecule has 0 N–H and O–H groups in total. The second-order valence-corrected chi connectivity index (χ2v) is 9.43. The van der Waals surface area contributed by atoms with Gasteiger partial charge in [-0.1, -0.05) is 24.3 Å². The largest absolute Gasteiger partial charge is 0.490 e. The molecule has 0 fully saturated rings. The van der Waals surface area contributed by atoms with E-state index in [1.54, 1.807) is 37.3 Å². The molecule has 0 spiro atoms. The van der Waals surface area contributed by atoms with Gasteiger partial charge in [0.05, 0.1) is 33.8 Å². The first-order valence-electron chi connectivity index (χ1n) is 11.1. The Balaban J connectivity index is 1.93. The zero-order chi connectivity index (χ0) is 27.6. The first kappa shape index (κ1) is 27.5. The van der Waals surface area contributed by atoms with Crippen LogP contribution in [-0.4, -0.2) is 28.5 Å². The van der Waals surface area contributed by atoms with Crippen LogP contribution in [0.5, 0.6) is 11.5 Å². The third-order valence-electron chi connectivity index (χ3n) is 5.22. The fraction of sp³-hybridized carbons (Fsp3) is 0.154. The highest BCUT2D eigenvalue weighted by molar-refractivity contribution is 9.13. The molecule has 0 atom stereocenters. The van der Waals surface area contributed by atoms with Gasteiger partial charge in [-0.05, 0) is 69.1 Å². The van der Waals surface area contributed by atoms with E-state index in [1.807, 2.05) is 0 Å². The lowest BCUT2D eigenvalue weighted by Crippen LogP contribution is -2.20. The lowest BCUT2D eigenvalue weighted by atomic mass is 10.1. The number of rotatable bonds is 6. The molecule has 0 saturated carbocycles. The quantitative estimate of drug-likeness (QED) is 0.130. The molecule has 0 aliphatic carbocycles. The van der Waals surface area contributed by atoms with Crippen LogP contribution in [0.25, 0.3) is 22.3 Å². The number of para-hydroxylation sites is 1. The Morgan fingerprint density at radius 1 is 1.11 bits per heavy atom. The monoisotopic (exact) mass is 651 g/mol. The molecular formula is C26H18Br2F3N3O4. The summed E-state index contributed by atoms with van der Waals surface area (Å²) < 4.78 is 52.8. The van der Waals surface area contributed by atoms with Crippen molar-refractivity contribution in [1.82, 2.24) is 9.66 Å². The normalized spacial score (nSPS) is 11.8. The van der Waals surface area contributed by atoms with Crippen LogP contribution < -0.4 is 15.0 Å². The maximum absolute atomic E-state index is 13.4. The van der Waals surface area contributed by atoms with E-state index in [4.69, 9.17) is 9.47 Å². The molecule has 38 heavy (non-hydrogen) atoms. The van der Waals surface area contributed by atoms with Crippen molar-refractivity contribution < 1.29 is 27.4 Å². The molecule has 4 rings (SSSR count). The number of carbonyl (C=O) groups is 1. The van der Waals surface area contributed by atoms with Crippen molar-refractivity contribution in [3.63, 3.8) is 0 Å². The number of aromatic nitrogens is 2. The fourth-order valence-corrected chi connectivity index (χ4v) is 4.47. The van der Waals surface area contributed by atoms with E-state index in [-0.39, 0.29) is 34.9 Å². The van der Waals surface area contributed by atoms with Crippen molar-refractivity contribution in [2.24, 2.45) is 5.10 Å². The van der Waals surface area contributed by atoms with Gasteiger partial charge < -0.3 is 9.47 Å². The number of benzene rings is 3. The molecule has 0 amide bonds. The molecule has 4 aromatic rings. The molecule has 7 nitrogen and oxygen atoms in total. The Morgan fingerprint density at radius 3 is 2.53 bits per heavy atom. The summed E-state index contributed by atoms with van der Waals surface area (Å²) in [5.41, 5.74) is -0.672. The minimum atomic E-state index is -4.59. The highest BCUT2D eigenvalue weighted by atomic mass is 79.9. The van der Waals surface area contributed by atoms with Gasteiger partial charge in [0.2, 0.25) is 0 Å². The Hall–Kier alpha value is -3.51.